The highest BCUT2D eigenvalue weighted by molar-refractivity contribution is 7.13. The molecular weight excluding hydrogens is 358 g/mol. The lowest BCUT2D eigenvalue weighted by atomic mass is 9.92. The van der Waals surface area contributed by atoms with Gasteiger partial charge < -0.3 is 10.2 Å². The number of aryl methyl sites for hydroxylation is 1. The number of aromatic nitrogens is 2. The van der Waals surface area contributed by atoms with Crippen molar-refractivity contribution in [1.82, 2.24) is 14.9 Å². The number of carbonyl (C=O) groups excluding carboxylic acids is 1. The van der Waals surface area contributed by atoms with E-state index in [2.05, 4.69) is 15.3 Å². The summed E-state index contributed by atoms with van der Waals surface area (Å²) < 4.78 is 26.7. The molecule has 0 bridgehead atoms. The van der Waals surface area contributed by atoms with Crippen LogP contribution < -0.4 is 5.32 Å². The molecular formula is C18H22F2N4OS. The summed E-state index contributed by atoms with van der Waals surface area (Å²) in [5.41, 5.74) is 2.57. The monoisotopic (exact) mass is 380 g/mol. The second-order valence-electron chi connectivity index (χ2n) is 6.84. The zero-order valence-corrected chi connectivity index (χ0v) is 15.7. The van der Waals surface area contributed by atoms with Crippen LogP contribution in [-0.2, 0) is 11.3 Å². The molecule has 140 valence electrons. The van der Waals surface area contributed by atoms with Gasteiger partial charge in [0, 0.05) is 43.5 Å². The molecule has 2 heterocycles. The molecule has 1 aliphatic carbocycles. The molecule has 0 aromatic carbocycles. The maximum absolute atomic E-state index is 13.4. The standard InChI is InChI=1S/C18H22F2N4OS/c1-12-10-26-17(21-12)15-7-13(9-24(2)11-25)8-16(23-15)22-14-3-5-18(19,20)6-4-14/h7-8,10-11,14H,3-6,9H2,1-2H3,(H,22,23). The van der Waals surface area contributed by atoms with Crippen molar-refractivity contribution in [3.63, 3.8) is 0 Å². The molecule has 0 radical (unpaired) electrons. The normalized spacial score (nSPS) is 17.1. The van der Waals surface area contributed by atoms with E-state index in [-0.39, 0.29) is 18.9 Å². The van der Waals surface area contributed by atoms with Crippen molar-refractivity contribution in [2.75, 3.05) is 12.4 Å². The minimum atomic E-state index is -2.55. The summed E-state index contributed by atoms with van der Waals surface area (Å²) >= 11 is 1.51. The number of rotatable bonds is 6. The highest BCUT2D eigenvalue weighted by Gasteiger charge is 2.35. The van der Waals surface area contributed by atoms with Crippen LogP contribution in [0.4, 0.5) is 14.6 Å². The van der Waals surface area contributed by atoms with E-state index < -0.39 is 5.92 Å². The third-order valence-electron chi connectivity index (χ3n) is 4.40. The first-order valence-corrected chi connectivity index (χ1v) is 9.46. The van der Waals surface area contributed by atoms with Gasteiger partial charge >= 0.3 is 0 Å². The second-order valence-corrected chi connectivity index (χ2v) is 7.69. The van der Waals surface area contributed by atoms with Crippen LogP contribution in [0.25, 0.3) is 10.7 Å². The zero-order chi connectivity index (χ0) is 18.7. The van der Waals surface area contributed by atoms with Gasteiger partial charge in [-0.15, -0.1) is 11.3 Å². The Morgan fingerprint density at radius 3 is 2.69 bits per heavy atom. The Hall–Kier alpha value is -2.09. The Kier molecular flexibility index (Phi) is 5.50. The van der Waals surface area contributed by atoms with Crippen molar-refractivity contribution in [2.24, 2.45) is 0 Å². The molecule has 0 spiro atoms. The van der Waals surface area contributed by atoms with Gasteiger partial charge in [0.1, 0.15) is 16.5 Å². The Labute approximate surface area is 155 Å². The van der Waals surface area contributed by atoms with E-state index in [0.717, 1.165) is 28.4 Å². The molecule has 2 aromatic heterocycles. The summed E-state index contributed by atoms with van der Waals surface area (Å²) in [6.07, 6.45) is 1.40. The topological polar surface area (TPSA) is 58.1 Å². The summed E-state index contributed by atoms with van der Waals surface area (Å²) in [4.78, 5) is 21.6. The molecule has 1 aliphatic rings. The Morgan fingerprint density at radius 1 is 1.35 bits per heavy atom. The number of halogens is 2. The third kappa shape index (κ3) is 4.75. The van der Waals surface area contributed by atoms with Gasteiger partial charge in [-0.05, 0) is 37.5 Å². The molecule has 2 aromatic rings. The summed E-state index contributed by atoms with van der Waals surface area (Å²) in [7, 11) is 1.71. The van der Waals surface area contributed by atoms with E-state index in [9.17, 15) is 13.6 Å². The number of pyridine rings is 1. The lowest BCUT2D eigenvalue weighted by Gasteiger charge is -2.29. The molecule has 1 fully saturated rings. The minimum absolute atomic E-state index is 0.0212. The first-order chi connectivity index (χ1) is 12.3. The first-order valence-electron chi connectivity index (χ1n) is 8.58. The molecule has 0 atom stereocenters. The quantitative estimate of drug-likeness (QED) is 0.767. The number of hydrogen-bond acceptors (Lipinski definition) is 5. The number of hydrogen-bond donors (Lipinski definition) is 1. The molecule has 3 rings (SSSR count). The van der Waals surface area contributed by atoms with Crippen molar-refractivity contribution in [3.05, 3.63) is 28.8 Å². The number of anilines is 1. The number of nitrogens with zero attached hydrogens (tertiary/aromatic N) is 3. The van der Waals surface area contributed by atoms with Gasteiger partial charge in [-0.2, -0.15) is 0 Å². The molecule has 0 unspecified atom stereocenters. The third-order valence-corrected chi connectivity index (χ3v) is 5.39. The maximum atomic E-state index is 13.4. The van der Waals surface area contributed by atoms with Crippen molar-refractivity contribution < 1.29 is 13.6 Å². The van der Waals surface area contributed by atoms with E-state index >= 15 is 0 Å². The molecule has 1 N–H and O–H groups in total. The lowest BCUT2D eigenvalue weighted by Crippen LogP contribution is -2.32. The van der Waals surface area contributed by atoms with Gasteiger partial charge in [0.05, 0.1) is 0 Å². The van der Waals surface area contributed by atoms with Crippen LogP contribution in [-0.4, -0.2) is 40.3 Å². The van der Waals surface area contributed by atoms with Crippen LogP contribution in [0.2, 0.25) is 0 Å². The molecule has 5 nitrogen and oxygen atoms in total. The average Bonchev–Trinajstić information content (AvgIpc) is 3.03. The largest absolute Gasteiger partial charge is 0.367 e. The van der Waals surface area contributed by atoms with Crippen LogP contribution in [0.15, 0.2) is 17.5 Å². The van der Waals surface area contributed by atoms with Crippen LogP contribution in [0.3, 0.4) is 0 Å². The van der Waals surface area contributed by atoms with Gasteiger partial charge in [-0.3, -0.25) is 4.79 Å². The smallest absolute Gasteiger partial charge is 0.248 e. The van der Waals surface area contributed by atoms with E-state index in [1.165, 1.54) is 16.2 Å². The van der Waals surface area contributed by atoms with Crippen LogP contribution >= 0.6 is 11.3 Å². The first kappa shape index (κ1) is 18.7. The molecule has 0 saturated heterocycles. The van der Waals surface area contributed by atoms with Gasteiger partial charge in [-0.25, -0.2) is 18.7 Å². The number of thiazole rings is 1. The fourth-order valence-corrected chi connectivity index (χ4v) is 3.81. The van der Waals surface area contributed by atoms with Gasteiger partial charge in [-0.1, -0.05) is 0 Å². The number of alkyl halides is 2. The number of amides is 1. The summed E-state index contributed by atoms with van der Waals surface area (Å²) in [6, 6.07) is 3.77. The van der Waals surface area contributed by atoms with E-state index in [4.69, 9.17) is 0 Å². The van der Waals surface area contributed by atoms with Crippen molar-refractivity contribution in [1.29, 1.82) is 0 Å². The highest BCUT2D eigenvalue weighted by Crippen LogP contribution is 2.34. The summed E-state index contributed by atoms with van der Waals surface area (Å²) in [6.45, 7) is 2.37. The number of nitrogens with one attached hydrogen (secondary N) is 1. The van der Waals surface area contributed by atoms with Crippen LogP contribution in [0.5, 0.6) is 0 Å². The summed E-state index contributed by atoms with van der Waals surface area (Å²) in [5.74, 6) is -1.91. The summed E-state index contributed by atoms with van der Waals surface area (Å²) in [5, 5.41) is 6.05. The van der Waals surface area contributed by atoms with Crippen LogP contribution in [0, 0.1) is 6.92 Å². The molecule has 1 saturated carbocycles. The highest BCUT2D eigenvalue weighted by atomic mass is 32.1. The molecule has 26 heavy (non-hydrogen) atoms. The Bertz CT molecular complexity index is 770. The van der Waals surface area contributed by atoms with Crippen LogP contribution in [0.1, 0.15) is 36.9 Å². The van der Waals surface area contributed by atoms with E-state index in [0.29, 0.717) is 25.2 Å². The van der Waals surface area contributed by atoms with Gasteiger partial charge in [0.15, 0.2) is 0 Å². The lowest BCUT2D eigenvalue weighted by molar-refractivity contribution is -0.117. The fraction of sp³-hybridized carbons (Fsp3) is 0.500. The van der Waals surface area contributed by atoms with Crippen molar-refractivity contribution >= 4 is 23.6 Å². The maximum Gasteiger partial charge on any atom is 0.248 e. The van der Waals surface area contributed by atoms with Gasteiger partial charge in [0.2, 0.25) is 12.3 Å². The number of carbonyl (C=O) groups is 1. The zero-order valence-electron chi connectivity index (χ0n) is 14.8. The predicted molar refractivity (Wildman–Crippen MR) is 98.4 cm³/mol. The Morgan fingerprint density at radius 2 is 2.08 bits per heavy atom. The van der Waals surface area contributed by atoms with E-state index in [1.807, 2.05) is 24.4 Å². The Balaban J connectivity index is 1.83. The van der Waals surface area contributed by atoms with Crippen molar-refractivity contribution in [3.8, 4) is 10.7 Å². The molecule has 8 heteroatoms. The second kappa shape index (κ2) is 7.65. The average molecular weight is 380 g/mol. The molecule has 0 aliphatic heterocycles. The fourth-order valence-electron chi connectivity index (χ4n) is 3.05. The SMILES string of the molecule is Cc1csc(-c2cc(CN(C)C=O)cc(NC3CCC(F)(F)CC3)n2)n1. The van der Waals surface area contributed by atoms with E-state index in [1.54, 1.807) is 7.05 Å². The van der Waals surface area contributed by atoms with Gasteiger partial charge in [0.25, 0.3) is 0 Å². The predicted octanol–water partition coefficient (Wildman–Crippen LogP) is 4.09. The minimum Gasteiger partial charge on any atom is -0.367 e. The van der Waals surface area contributed by atoms with Crippen molar-refractivity contribution in [2.45, 2.75) is 51.1 Å². The molecule has 1 amide bonds.